The Morgan fingerprint density at radius 2 is 2.25 bits per heavy atom. The number of hydrogen-bond donors (Lipinski definition) is 1. The summed E-state index contributed by atoms with van der Waals surface area (Å²) in [6.07, 6.45) is 2.39. The molecule has 1 rings (SSSR count). The predicted octanol–water partition coefficient (Wildman–Crippen LogP) is 3.92. The highest BCUT2D eigenvalue weighted by Gasteiger charge is 2.09. The third-order valence-corrected chi connectivity index (χ3v) is 3.87. The highest BCUT2D eigenvalue weighted by atomic mass is 35.5. The standard InChI is InChI=1S/C13H20ClNS/c1-2-16-8-4-6-12(10-15)11-5-3-7-13(14)9-11/h3,5,7,9,12H,2,4,6,8,10,15H2,1H3. The minimum Gasteiger partial charge on any atom is -0.330 e. The molecule has 2 N–H and O–H groups in total. The number of halogens is 1. The molecule has 0 fully saturated rings. The van der Waals surface area contributed by atoms with Crippen molar-refractivity contribution in [2.24, 2.45) is 5.73 Å². The lowest BCUT2D eigenvalue weighted by Gasteiger charge is -2.15. The maximum atomic E-state index is 5.98. The van der Waals surface area contributed by atoms with Crippen molar-refractivity contribution in [3.05, 3.63) is 34.9 Å². The predicted molar refractivity (Wildman–Crippen MR) is 75.5 cm³/mol. The molecule has 0 amide bonds. The number of nitrogens with two attached hydrogens (primary N) is 1. The summed E-state index contributed by atoms with van der Waals surface area (Å²) in [4.78, 5) is 0. The summed E-state index contributed by atoms with van der Waals surface area (Å²) in [5.74, 6) is 2.88. The number of rotatable bonds is 7. The summed E-state index contributed by atoms with van der Waals surface area (Å²) >= 11 is 7.98. The number of hydrogen-bond acceptors (Lipinski definition) is 2. The Bertz CT molecular complexity index is 304. The Kier molecular flexibility index (Phi) is 6.93. The van der Waals surface area contributed by atoms with Crippen LogP contribution < -0.4 is 5.73 Å². The molecule has 0 bridgehead atoms. The van der Waals surface area contributed by atoms with Gasteiger partial charge < -0.3 is 5.73 Å². The van der Waals surface area contributed by atoms with Gasteiger partial charge in [0, 0.05) is 5.02 Å². The molecule has 1 nitrogen and oxygen atoms in total. The van der Waals surface area contributed by atoms with Gasteiger partial charge in [-0.2, -0.15) is 11.8 Å². The second-order valence-electron chi connectivity index (χ2n) is 3.83. The van der Waals surface area contributed by atoms with Gasteiger partial charge in [-0.15, -0.1) is 0 Å². The second-order valence-corrected chi connectivity index (χ2v) is 5.66. The Hall–Kier alpha value is -0.180. The van der Waals surface area contributed by atoms with Gasteiger partial charge in [0.15, 0.2) is 0 Å². The van der Waals surface area contributed by atoms with Crippen LogP contribution in [0.25, 0.3) is 0 Å². The van der Waals surface area contributed by atoms with Crippen LogP contribution in [0, 0.1) is 0 Å². The van der Waals surface area contributed by atoms with Gasteiger partial charge in [-0.05, 0) is 54.5 Å². The molecule has 1 aromatic carbocycles. The smallest absolute Gasteiger partial charge is 0.0408 e. The zero-order valence-corrected chi connectivity index (χ0v) is 11.4. The summed E-state index contributed by atoms with van der Waals surface area (Å²) < 4.78 is 0. The van der Waals surface area contributed by atoms with E-state index in [1.165, 1.54) is 23.5 Å². The van der Waals surface area contributed by atoms with E-state index < -0.39 is 0 Å². The molecule has 16 heavy (non-hydrogen) atoms. The van der Waals surface area contributed by atoms with E-state index in [1.807, 2.05) is 30.0 Å². The number of benzene rings is 1. The highest BCUT2D eigenvalue weighted by Crippen LogP contribution is 2.23. The SMILES string of the molecule is CCSCCCC(CN)c1cccc(Cl)c1. The van der Waals surface area contributed by atoms with Gasteiger partial charge in [0.1, 0.15) is 0 Å². The second kappa shape index (κ2) is 7.99. The summed E-state index contributed by atoms with van der Waals surface area (Å²) in [6, 6.07) is 8.06. The van der Waals surface area contributed by atoms with E-state index in [0.717, 1.165) is 11.4 Å². The van der Waals surface area contributed by atoms with Crippen molar-refractivity contribution in [2.75, 3.05) is 18.1 Å². The molecule has 1 unspecified atom stereocenters. The molecule has 0 spiro atoms. The molecule has 0 saturated carbocycles. The first-order chi connectivity index (χ1) is 7.77. The van der Waals surface area contributed by atoms with Crippen LogP contribution in [-0.2, 0) is 0 Å². The fourth-order valence-corrected chi connectivity index (χ4v) is 2.62. The van der Waals surface area contributed by atoms with Gasteiger partial charge in [-0.25, -0.2) is 0 Å². The van der Waals surface area contributed by atoms with E-state index in [9.17, 15) is 0 Å². The Balaban J connectivity index is 2.47. The van der Waals surface area contributed by atoms with Crippen LogP contribution in [0.4, 0.5) is 0 Å². The van der Waals surface area contributed by atoms with Gasteiger partial charge >= 0.3 is 0 Å². The minimum atomic E-state index is 0.455. The fourth-order valence-electron chi connectivity index (χ4n) is 1.76. The van der Waals surface area contributed by atoms with Crippen LogP contribution in [0.5, 0.6) is 0 Å². The molecule has 1 atom stereocenters. The third-order valence-electron chi connectivity index (χ3n) is 2.65. The van der Waals surface area contributed by atoms with Crippen LogP contribution in [0.2, 0.25) is 5.02 Å². The van der Waals surface area contributed by atoms with Crippen molar-refractivity contribution in [3.8, 4) is 0 Å². The monoisotopic (exact) mass is 257 g/mol. The third kappa shape index (κ3) is 4.77. The molecule has 0 heterocycles. The molecule has 0 radical (unpaired) electrons. The van der Waals surface area contributed by atoms with E-state index >= 15 is 0 Å². The summed E-state index contributed by atoms with van der Waals surface area (Å²) in [5.41, 5.74) is 7.09. The molecular weight excluding hydrogens is 238 g/mol. The molecule has 0 aliphatic rings. The van der Waals surface area contributed by atoms with Crippen molar-refractivity contribution in [3.63, 3.8) is 0 Å². The van der Waals surface area contributed by atoms with Gasteiger partial charge in [0.25, 0.3) is 0 Å². The van der Waals surface area contributed by atoms with Crippen LogP contribution in [-0.4, -0.2) is 18.1 Å². The maximum absolute atomic E-state index is 5.98. The van der Waals surface area contributed by atoms with Crippen molar-refractivity contribution in [2.45, 2.75) is 25.7 Å². The summed E-state index contributed by atoms with van der Waals surface area (Å²) in [5, 5.41) is 0.805. The molecule has 3 heteroatoms. The van der Waals surface area contributed by atoms with E-state index in [-0.39, 0.29) is 0 Å². The Morgan fingerprint density at radius 1 is 1.44 bits per heavy atom. The van der Waals surface area contributed by atoms with Crippen LogP contribution in [0.1, 0.15) is 31.2 Å². The molecule has 90 valence electrons. The van der Waals surface area contributed by atoms with Gasteiger partial charge in [0.05, 0.1) is 0 Å². The van der Waals surface area contributed by atoms with E-state index in [2.05, 4.69) is 13.0 Å². The quantitative estimate of drug-likeness (QED) is 0.750. The van der Waals surface area contributed by atoms with Gasteiger partial charge in [0.2, 0.25) is 0 Å². The number of thioether (sulfide) groups is 1. The van der Waals surface area contributed by atoms with Crippen molar-refractivity contribution < 1.29 is 0 Å². The summed E-state index contributed by atoms with van der Waals surface area (Å²) in [6.45, 7) is 2.90. The minimum absolute atomic E-state index is 0.455. The first kappa shape index (κ1) is 13.9. The van der Waals surface area contributed by atoms with Gasteiger partial charge in [-0.1, -0.05) is 30.7 Å². The van der Waals surface area contributed by atoms with Crippen LogP contribution >= 0.6 is 23.4 Å². The van der Waals surface area contributed by atoms with E-state index in [4.69, 9.17) is 17.3 Å². The first-order valence-corrected chi connectivity index (χ1v) is 7.34. The van der Waals surface area contributed by atoms with Crippen molar-refractivity contribution >= 4 is 23.4 Å². The summed E-state index contributed by atoms with van der Waals surface area (Å²) in [7, 11) is 0. The fraction of sp³-hybridized carbons (Fsp3) is 0.538. The molecule has 0 saturated heterocycles. The topological polar surface area (TPSA) is 26.0 Å². The van der Waals surface area contributed by atoms with E-state index in [0.29, 0.717) is 12.5 Å². The lowest BCUT2D eigenvalue weighted by molar-refractivity contribution is 0.626. The molecular formula is C13H20ClNS. The first-order valence-electron chi connectivity index (χ1n) is 5.81. The Morgan fingerprint density at radius 3 is 2.88 bits per heavy atom. The normalized spacial score (nSPS) is 12.7. The average molecular weight is 258 g/mol. The Labute approximate surface area is 108 Å². The van der Waals surface area contributed by atoms with Crippen molar-refractivity contribution in [1.82, 2.24) is 0 Å². The molecule has 0 aliphatic carbocycles. The zero-order chi connectivity index (χ0) is 11.8. The largest absolute Gasteiger partial charge is 0.330 e. The lowest BCUT2D eigenvalue weighted by Crippen LogP contribution is -2.12. The average Bonchev–Trinajstić information content (AvgIpc) is 2.29. The molecule has 0 aromatic heterocycles. The van der Waals surface area contributed by atoms with Crippen molar-refractivity contribution in [1.29, 1.82) is 0 Å². The lowest BCUT2D eigenvalue weighted by atomic mass is 9.95. The molecule has 1 aromatic rings. The van der Waals surface area contributed by atoms with Crippen LogP contribution in [0.3, 0.4) is 0 Å². The van der Waals surface area contributed by atoms with Gasteiger partial charge in [-0.3, -0.25) is 0 Å². The maximum Gasteiger partial charge on any atom is 0.0408 e. The van der Waals surface area contributed by atoms with Crippen LogP contribution in [0.15, 0.2) is 24.3 Å². The highest BCUT2D eigenvalue weighted by molar-refractivity contribution is 7.99. The molecule has 0 aliphatic heterocycles. The zero-order valence-electron chi connectivity index (χ0n) is 9.79. The van der Waals surface area contributed by atoms with E-state index in [1.54, 1.807) is 0 Å².